The number of piperidine rings is 1. The maximum Gasteiger partial charge on any atom is 0.256 e. The molecule has 1 fully saturated rings. The lowest BCUT2D eigenvalue weighted by Crippen LogP contribution is -2.45. The largest absolute Gasteiger partial charge is 0.452 e. The van der Waals surface area contributed by atoms with E-state index in [9.17, 15) is 4.79 Å². The Balaban J connectivity index is 1.55. The summed E-state index contributed by atoms with van der Waals surface area (Å²) in [6.07, 6.45) is 6.57. The van der Waals surface area contributed by atoms with E-state index < -0.39 is 0 Å². The number of carbonyl (C=O) groups is 1. The maximum absolute atomic E-state index is 12.1. The van der Waals surface area contributed by atoms with Gasteiger partial charge in [0.2, 0.25) is 11.2 Å². The molecule has 0 saturated carbocycles. The maximum atomic E-state index is 12.1. The first kappa shape index (κ1) is 13.9. The van der Waals surface area contributed by atoms with Crippen molar-refractivity contribution < 1.29 is 9.21 Å². The molecule has 0 unspecified atom stereocenters. The van der Waals surface area contributed by atoms with Crippen molar-refractivity contribution in [2.45, 2.75) is 18.9 Å². The summed E-state index contributed by atoms with van der Waals surface area (Å²) in [6.45, 7) is 1.63. The van der Waals surface area contributed by atoms with Crippen LogP contribution in [0.5, 0.6) is 0 Å². The molecule has 0 aromatic carbocycles. The second-order valence-electron chi connectivity index (χ2n) is 4.89. The van der Waals surface area contributed by atoms with Gasteiger partial charge in [0.1, 0.15) is 0 Å². The van der Waals surface area contributed by atoms with Crippen LogP contribution in [0.15, 0.2) is 35.2 Å². The van der Waals surface area contributed by atoms with Crippen LogP contribution in [0.3, 0.4) is 0 Å². The zero-order valence-electron chi connectivity index (χ0n) is 11.3. The van der Waals surface area contributed by atoms with Crippen LogP contribution in [0, 0.1) is 0 Å². The molecule has 21 heavy (non-hydrogen) atoms. The quantitative estimate of drug-likeness (QED) is 0.940. The zero-order chi connectivity index (χ0) is 14.7. The van der Waals surface area contributed by atoms with Crippen molar-refractivity contribution in [3.8, 4) is 0 Å². The minimum Gasteiger partial charge on any atom is -0.452 e. The molecule has 1 N–H and O–H groups in total. The number of amides is 1. The molecular formula is C14H15ClN4O2. The average Bonchev–Trinajstić information content (AvgIpc) is 2.95. The van der Waals surface area contributed by atoms with Gasteiger partial charge in [0.15, 0.2) is 0 Å². The van der Waals surface area contributed by atoms with Crippen LogP contribution < -0.4 is 10.2 Å². The van der Waals surface area contributed by atoms with Crippen LogP contribution >= 0.6 is 11.6 Å². The van der Waals surface area contributed by atoms with Crippen LogP contribution in [0.25, 0.3) is 0 Å². The molecule has 1 aliphatic heterocycles. The molecule has 3 rings (SSSR count). The monoisotopic (exact) mass is 306 g/mol. The Morgan fingerprint density at radius 2 is 2.05 bits per heavy atom. The first-order chi connectivity index (χ1) is 10.2. The topological polar surface area (TPSA) is 71.3 Å². The summed E-state index contributed by atoms with van der Waals surface area (Å²) in [5, 5.41) is 3.11. The third-order valence-corrected chi connectivity index (χ3v) is 3.82. The molecule has 2 aromatic rings. The van der Waals surface area contributed by atoms with Gasteiger partial charge in [-0.25, -0.2) is 9.97 Å². The number of halogens is 1. The Labute approximate surface area is 127 Å². The van der Waals surface area contributed by atoms with E-state index in [0.29, 0.717) is 5.56 Å². The summed E-state index contributed by atoms with van der Waals surface area (Å²) in [5.74, 6) is 0.545. The highest BCUT2D eigenvalue weighted by atomic mass is 35.5. The molecule has 0 bridgehead atoms. The minimum absolute atomic E-state index is 0.127. The standard InChI is InChI=1S/C14H15ClN4O2/c15-12-11(4-9-21-12)13(20)18-10-2-7-19(8-3-10)14-16-5-1-6-17-14/h1,4-6,9-10H,2-3,7-8H2,(H,18,20). The SMILES string of the molecule is O=C(NC1CCN(c2ncccn2)CC1)c1ccoc1Cl. The van der Waals surface area contributed by atoms with E-state index in [1.165, 1.54) is 6.26 Å². The molecule has 3 heterocycles. The second-order valence-corrected chi connectivity index (χ2v) is 5.23. The van der Waals surface area contributed by atoms with E-state index in [1.54, 1.807) is 24.5 Å². The number of nitrogens with one attached hydrogen (secondary N) is 1. The number of hydrogen-bond acceptors (Lipinski definition) is 5. The van der Waals surface area contributed by atoms with Gasteiger partial charge < -0.3 is 14.6 Å². The average molecular weight is 307 g/mol. The molecule has 0 radical (unpaired) electrons. The first-order valence-electron chi connectivity index (χ1n) is 6.80. The number of hydrogen-bond donors (Lipinski definition) is 1. The summed E-state index contributed by atoms with van der Waals surface area (Å²) in [7, 11) is 0. The number of aromatic nitrogens is 2. The normalized spacial score (nSPS) is 16.0. The van der Waals surface area contributed by atoms with Crippen molar-refractivity contribution in [1.29, 1.82) is 0 Å². The highest BCUT2D eigenvalue weighted by Crippen LogP contribution is 2.19. The van der Waals surface area contributed by atoms with Crippen LogP contribution in [0.4, 0.5) is 5.95 Å². The zero-order valence-corrected chi connectivity index (χ0v) is 12.1. The molecule has 0 atom stereocenters. The Morgan fingerprint density at radius 1 is 1.33 bits per heavy atom. The number of carbonyl (C=O) groups excluding carboxylic acids is 1. The van der Waals surface area contributed by atoms with Crippen LogP contribution in [-0.2, 0) is 0 Å². The predicted molar refractivity (Wildman–Crippen MR) is 78.5 cm³/mol. The Morgan fingerprint density at radius 3 is 2.67 bits per heavy atom. The third-order valence-electron chi connectivity index (χ3n) is 3.53. The van der Waals surface area contributed by atoms with Gasteiger partial charge in [0, 0.05) is 31.5 Å². The van der Waals surface area contributed by atoms with Gasteiger partial charge >= 0.3 is 0 Å². The Kier molecular flexibility index (Phi) is 4.06. The molecule has 1 amide bonds. The van der Waals surface area contributed by atoms with E-state index in [1.807, 2.05) is 0 Å². The predicted octanol–water partition coefficient (Wildman–Crippen LogP) is 2.12. The van der Waals surface area contributed by atoms with Gasteiger partial charge in [-0.2, -0.15) is 0 Å². The lowest BCUT2D eigenvalue weighted by molar-refractivity contribution is 0.0930. The molecule has 0 aliphatic carbocycles. The number of rotatable bonds is 3. The van der Waals surface area contributed by atoms with E-state index in [4.69, 9.17) is 16.0 Å². The van der Waals surface area contributed by atoms with Gasteiger partial charge in [0.05, 0.1) is 11.8 Å². The van der Waals surface area contributed by atoms with Crippen molar-refractivity contribution in [2.75, 3.05) is 18.0 Å². The summed E-state index contributed by atoms with van der Waals surface area (Å²) in [5.41, 5.74) is 0.380. The van der Waals surface area contributed by atoms with E-state index in [-0.39, 0.29) is 17.2 Å². The minimum atomic E-state index is -0.192. The smallest absolute Gasteiger partial charge is 0.256 e. The van der Waals surface area contributed by atoms with E-state index >= 15 is 0 Å². The van der Waals surface area contributed by atoms with Crippen molar-refractivity contribution in [3.05, 3.63) is 41.6 Å². The van der Waals surface area contributed by atoms with Crippen LogP contribution in [-0.4, -0.2) is 35.0 Å². The Hall–Kier alpha value is -2.08. The lowest BCUT2D eigenvalue weighted by atomic mass is 10.0. The molecule has 0 spiro atoms. The molecule has 2 aromatic heterocycles. The van der Waals surface area contributed by atoms with Gasteiger partial charge in [-0.1, -0.05) is 0 Å². The number of anilines is 1. The van der Waals surface area contributed by atoms with Gasteiger partial charge in [-0.3, -0.25) is 4.79 Å². The summed E-state index contributed by atoms with van der Waals surface area (Å²) >= 11 is 5.80. The summed E-state index contributed by atoms with van der Waals surface area (Å²) in [4.78, 5) is 22.6. The summed E-state index contributed by atoms with van der Waals surface area (Å²) in [6, 6.07) is 3.50. The number of nitrogens with zero attached hydrogens (tertiary/aromatic N) is 3. The fourth-order valence-corrected chi connectivity index (χ4v) is 2.60. The highest BCUT2D eigenvalue weighted by molar-refractivity contribution is 6.32. The molecule has 1 aliphatic rings. The third kappa shape index (κ3) is 3.16. The van der Waals surface area contributed by atoms with E-state index in [0.717, 1.165) is 31.9 Å². The highest BCUT2D eigenvalue weighted by Gasteiger charge is 2.23. The van der Waals surface area contributed by atoms with Gasteiger partial charge in [-0.05, 0) is 36.6 Å². The fraction of sp³-hybridized carbons (Fsp3) is 0.357. The van der Waals surface area contributed by atoms with Crippen LogP contribution in [0.2, 0.25) is 5.22 Å². The van der Waals surface area contributed by atoms with Crippen molar-refractivity contribution >= 4 is 23.5 Å². The number of furan rings is 1. The van der Waals surface area contributed by atoms with E-state index in [2.05, 4.69) is 20.2 Å². The van der Waals surface area contributed by atoms with Crippen molar-refractivity contribution in [2.24, 2.45) is 0 Å². The van der Waals surface area contributed by atoms with Gasteiger partial charge in [0.25, 0.3) is 5.91 Å². The van der Waals surface area contributed by atoms with Crippen molar-refractivity contribution in [1.82, 2.24) is 15.3 Å². The molecule has 1 saturated heterocycles. The molecular weight excluding hydrogens is 292 g/mol. The molecule has 7 heteroatoms. The Bertz CT molecular complexity index is 608. The van der Waals surface area contributed by atoms with Crippen molar-refractivity contribution in [3.63, 3.8) is 0 Å². The fourth-order valence-electron chi connectivity index (χ4n) is 2.40. The first-order valence-corrected chi connectivity index (χ1v) is 7.17. The molecule has 6 nitrogen and oxygen atoms in total. The second kappa shape index (κ2) is 6.13. The summed E-state index contributed by atoms with van der Waals surface area (Å²) < 4.78 is 4.93. The lowest BCUT2D eigenvalue weighted by Gasteiger charge is -2.32. The molecule has 110 valence electrons. The van der Waals surface area contributed by atoms with Crippen LogP contribution in [0.1, 0.15) is 23.2 Å². The van der Waals surface area contributed by atoms with Gasteiger partial charge in [-0.15, -0.1) is 0 Å².